The van der Waals surface area contributed by atoms with Crippen molar-refractivity contribution in [1.29, 1.82) is 0 Å². The fraction of sp³-hybridized carbons (Fsp3) is 0.667. The number of aliphatic hydroxyl groups excluding tert-OH is 1. The smallest absolute Gasteiger partial charge is 0.236 e. The van der Waals surface area contributed by atoms with E-state index in [0.717, 1.165) is 11.5 Å². The summed E-state index contributed by atoms with van der Waals surface area (Å²) in [5.41, 5.74) is 0. The Morgan fingerprint density at radius 3 is 2.86 bits per heavy atom. The molecule has 1 aromatic heterocycles. The van der Waals surface area contributed by atoms with Crippen molar-refractivity contribution in [3.63, 3.8) is 0 Å². The molecular formula is C15H24N2O4. The van der Waals surface area contributed by atoms with E-state index in [-0.39, 0.29) is 24.7 Å². The van der Waals surface area contributed by atoms with Gasteiger partial charge in [0.25, 0.3) is 0 Å². The zero-order valence-corrected chi connectivity index (χ0v) is 12.9. The van der Waals surface area contributed by atoms with Crippen molar-refractivity contribution in [2.75, 3.05) is 33.3 Å². The summed E-state index contributed by atoms with van der Waals surface area (Å²) in [7, 11) is 1.77. The first-order valence-corrected chi connectivity index (χ1v) is 7.26. The van der Waals surface area contributed by atoms with Crippen LogP contribution in [0.15, 0.2) is 16.5 Å². The average Bonchev–Trinajstić information content (AvgIpc) is 2.83. The number of carbonyl (C=O) groups is 1. The number of aryl methyl sites for hydroxylation is 1. The van der Waals surface area contributed by atoms with Crippen molar-refractivity contribution in [2.45, 2.75) is 32.6 Å². The summed E-state index contributed by atoms with van der Waals surface area (Å²) in [6, 6.07) is 3.78. The van der Waals surface area contributed by atoms with E-state index in [1.807, 2.05) is 30.9 Å². The Bertz CT molecular complexity index is 474. The molecule has 1 aliphatic heterocycles. The van der Waals surface area contributed by atoms with Crippen molar-refractivity contribution in [1.82, 2.24) is 9.80 Å². The zero-order chi connectivity index (χ0) is 15.4. The van der Waals surface area contributed by atoms with Crippen LogP contribution in [-0.4, -0.2) is 66.3 Å². The molecule has 2 rings (SSSR count). The number of hydrogen-bond acceptors (Lipinski definition) is 5. The summed E-state index contributed by atoms with van der Waals surface area (Å²) < 4.78 is 11.1. The van der Waals surface area contributed by atoms with E-state index in [1.165, 1.54) is 0 Å². The quantitative estimate of drug-likeness (QED) is 0.863. The van der Waals surface area contributed by atoms with Gasteiger partial charge >= 0.3 is 0 Å². The van der Waals surface area contributed by atoms with Gasteiger partial charge in [-0.2, -0.15) is 0 Å². The Kier molecular flexibility index (Phi) is 5.39. The first-order chi connectivity index (χ1) is 9.97. The Hall–Kier alpha value is -1.37. The van der Waals surface area contributed by atoms with Crippen LogP contribution >= 0.6 is 0 Å². The SMILES string of the molecule is Cc1ccc(CN(C)C(=O)CN2CC(C)OC(CO)C2)o1. The highest BCUT2D eigenvalue weighted by Crippen LogP contribution is 2.12. The number of hydrogen-bond donors (Lipinski definition) is 1. The molecule has 0 saturated carbocycles. The molecule has 1 amide bonds. The molecule has 0 radical (unpaired) electrons. The number of aliphatic hydroxyl groups is 1. The van der Waals surface area contributed by atoms with Gasteiger partial charge in [-0.25, -0.2) is 0 Å². The molecule has 118 valence electrons. The van der Waals surface area contributed by atoms with E-state index in [9.17, 15) is 9.90 Å². The first kappa shape index (κ1) is 16.0. The van der Waals surface area contributed by atoms with Gasteiger partial charge in [0.15, 0.2) is 0 Å². The molecule has 6 heteroatoms. The van der Waals surface area contributed by atoms with Crippen molar-refractivity contribution < 1.29 is 19.1 Å². The number of likely N-dealkylation sites (N-methyl/N-ethyl adjacent to an activating group) is 1. The van der Waals surface area contributed by atoms with Gasteiger partial charge in [0.1, 0.15) is 11.5 Å². The van der Waals surface area contributed by atoms with Crippen LogP contribution in [0.2, 0.25) is 0 Å². The largest absolute Gasteiger partial charge is 0.464 e. The Morgan fingerprint density at radius 1 is 1.48 bits per heavy atom. The van der Waals surface area contributed by atoms with Gasteiger partial charge in [0.2, 0.25) is 5.91 Å². The van der Waals surface area contributed by atoms with Crippen molar-refractivity contribution in [3.8, 4) is 0 Å². The maximum Gasteiger partial charge on any atom is 0.236 e. The zero-order valence-electron chi connectivity index (χ0n) is 12.9. The molecule has 21 heavy (non-hydrogen) atoms. The van der Waals surface area contributed by atoms with Crippen molar-refractivity contribution in [3.05, 3.63) is 23.7 Å². The highest BCUT2D eigenvalue weighted by Gasteiger charge is 2.26. The lowest BCUT2D eigenvalue weighted by molar-refractivity contribution is -0.137. The van der Waals surface area contributed by atoms with Gasteiger partial charge in [0, 0.05) is 20.1 Å². The summed E-state index contributed by atoms with van der Waals surface area (Å²) in [4.78, 5) is 16.0. The minimum atomic E-state index is -0.209. The third kappa shape index (κ3) is 4.56. The van der Waals surface area contributed by atoms with Crippen molar-refractivity contribution in [2.24, 2.45) is 0 Å². The molecule has 0 bridgehead atoms. The Labute approximate surface area is 125 Å². The molecule has 1 aromatic rings. The van der Waals surface area contributed by atoms with Crippen LogP contribution in [0.4, 0.5) is 0 Å². The molecule has 1 N–H and O–H groups in total. The fourth-order valence-electron chi connectivity index (χ4n) is 2.57. The molecule has 0 spiro atoms. The summed E-state index contributed by atoms with van der Waals surface area (Å²) in [6.07, 6.45) is -0.179. The number of amides is 1. The summed E-state index contributed by atoms with van der Waals surface area (Å²) in [6.45, 7) is 5.91. The van der Waals surface area contributed by atoms with Crippen LogP contribution in [0.25, 0.3) is 0 Å². The first-order valence-electron chi connectivity index (χ1n) is 7.26. The van der Waals surface area contributed by atoms with Gasteiger partial charge in [-0.05, 0) is 26.0 Å². The van der Waals surface area contributed by atoms with Crippen LogP contribution in [0.1, 0.15) is 18.4 Å². The van der Waals surface area contributed by atoms with Gasteiger partial charge in [-0.15, -0.1) is 0 Å². The van der Waals surface area contributed by atoms with E-state index in [0.29, 0.717) is 26.2 Å². The van der Waals surface area contributed by atoms with Crippen LogP contribution in [0.3, 0.4) is 0 Å². The third-order valence-electron chi connectivity index (χ3n) is 3.58. The molecule has 2 atom stereocenters. The average molecular weight is 296 g/mol. The lowest BCUT2D eigenvalue weighted by Gasteiger charge is -2.36. The predicted molar refractivity (Wildman–Crippen MR) is 77.8 cm³/mol. The van der Waals surface area contributed by atoms with E-state index in [1.54, 1.807) is 11.9 Å². The number of nitrogens with zero attached hydrogens (tertiary/aromatic N) is 2. The van der Waals surface area contributed by atoms with E-state index < -0.39 is 0 Å². The molecule has 0 aliphatic carbocycles. The topological polar surface area (TPSA) is 66.2 Å². The van der Waals surface area contributed by atoms with Crippen molar-refractivity contribution >= 4 is 5.91 Å². The lowest BCUT2D eigenvalue weighted by Crippen LogP contribution is -2.51. The third-order valence-corrected chi connectivity index (χ3v) is 3.58. The molecule has 1 saturated heterocycles. The molecule has 1 fully saturated rings. The highest BCUT2D eigenvalue weighted by molar-refractivity contribution is 5.77. The van der Waals surface area contributed by atoms with E-state index in [2.05, 4.69) is 0 Å². The van der Waals surface area contributed by atoms with Gasteiger partial charge in [0.05, 0.1) is 31.9 Å². The Morgan fingerprint density at radius 2 is 2.24 bits per heavy atom. The Balaban J connectivity index is 1.85. The second kappa shape index (κ2) is 7.06. The number of morpholine rings is 1. The lowest BCUT2D eigenvalue weighted by atomic mass is 10.2. The van der Waals surface area contributed by atoms with Gasteiger partial charge < -0.3 is 19.2 Å². The molecule has 0 aromatic carbocycles. The molecule has 6 nitrogen and oxygen atoms in total. The number of ether oxygens (including phenoxy) is 1. The van der Waals surface area contributed by atoms with Gasteiger partial charge in [-0.1, -0.05) is 0 Å². The van der Waals surface area contributed by atoms with E-state index in [4.69, 9.17) is 9.15 Å². The van der Waals surface area contributed by atoms with E-state index >= 15 is 0 Å². The maximum atomic E-state index is 12.3. The second-order valence-corrected chi connectivity index (χ2v) is 5.71. The second-order valence-electron chi connectivity index (χ2n) is 5.71. The molecule has 1 aliphatic rings. The minimum absolute atomic E-state index is 0.0173. The number of furan rings is 1. The minimum Gasteiger partial charge on any atom is -0.464 e. The van der Waals surface area contributed by atoms with Crippen LogP contribution in [0, 0.1) is 6.92 Å². The molecular weight excluding hydrogens is 272 g/mol. The standard InChI is InChI=1S/C15H24N2O4/c1-11-4-5-13(20-11)7-16(3)15(19)9-17-6-12(2)21-14(8-17)10-18/h4-5,12,14,18H,6-10H2,1-3H3. The van der Waals surface area contributed by atoms with Crippen LogP contribution in [-0.2, 0) is 16.1 Å². The summed E-state index contributed by atoms with van der Waals surface area (Å²) in [5, 5.41) is 9.21. The summed E-state index contributed by atoms with van der Waals surface area (Å²) >= 11 is 0. The molecule has 2 heterocycles. The predicted octanol–water partition coefficient (Wildman–Crippen LogP) is 0.628. The van der Waals surface area contributed by atoms with Crippen LogP contribution < -0.4 is 0 Å². The monoisotopic (exact) mass is 296 g/mol. The highest BCUT2D eigenvalue weighted by atomic mass is 16.5. The normalized spacial score (nSPS) is 23.2. The fourth-order valence-corrected chi connectivity index (χ4v) is 2.57. The summed E-state index contributed by atoms with van der Waals surface area (Å²) in [5.74, 6) is 1.67. The number of rotatable bonds is 5. The van der Waals surface area contributed by atoms with Crippen LogP contribution in [0.5, 0.6) is 0 Å². The maximum absolute atomic E-state index is 12.3. The number of carbonyl (C=O) groups excluding carboxylic acids is 1. The molecule has 2 unspecified atom stereocenters. The van der Waals surface area contributed by atoms with Gasteiger partial charge in [-0.3, -0.25) is 9.69 Å².